The molecule has 0 spiro atoms. The molecule has 0 bridgehead atoms. The molecule has 1 unspecified atom stereocenters. The van der Waals surface area contributed by atoms with Gasteiger partial charge < -0.3 is 28.8 Å². The van der Waals surface area contributed by atoms with E-state index in [0.29, 0.717) is 41.5 Å². The van der Waals surface area contributed by atoms with Crippen molar-refractivity contribution in [3.8, 4) is 11.5 Å². The first-order valence-corrected chi connectivity index (χ1v) is 11.0. The van der Waals surface area contributed by atoms with Crippen LogP contribution in [0.5, 0.6) is 11.5 Å². The Hall–Kier alpha value is -3.85. The van der Waals surface area contributed by atoms with E-state index in [9.17, 15) is 14.7 Å². The molecule has 0 saturated carbocycles. The number of aromatic nitrogens is 2. The Kier molecular flexibility index (Phi) is 6.30. The second-order valence-corrected chi connectivity index (χ2v) is 8.51. The van der Waals surface area contributed by atoms with Crippen LogP contribution in [0.1, 0.15) is 23.0 Å². The Morgan fingerprint density at radius 3 is 2.59 bits per heavy atom. The monoisotopic (exact) mass is 464 g/mol. The second kappa shape index (κ2) is 9.18. The second-order valence-electron chi connectivity index (χ2n) is 8.51. The van der Waals surface area contributed by atoms with Crippen LogP contribution in [0, 0.1) is 6.92 Å². The van der Waals surface area contributed by atoms with Crippen molar-refractivity contribution in [2.45, 2.75) is 13.0 Å². The number of carbonyl (C=O) groups excluding carboxylic acids is 2. The van der Waals surface area contributed by atoms with Gasteiger partial charge in [0.15, 0.2) is 0 Å². The molecule has 4 rings (SSSR count). The average Bonchev–Trinajstić information content (AvgIpc) is 3.29. The molecule has 178 valence electrons. The number of imidazole rings is 1. The number of fused-ring (bicyclic) bond motifs is 1. The zero-order chi connectivity index (χ0) is 24.6. The zero-order valence-electron chi connectivity index (χ0n) is 19.9. The van der Waals surface area contributed by atoms with Crippen molar-refractivity contribution in [2.24, 2.45) is 0 Å². The SMILES string of the molecule is COc1ccc(OC)c(C2C(=C([O-])c3c(C)nc4ccccn34)C(=O)C(=O)N2CC[NH+](C)C)c1. The van der Waals surface area contributed by atoms with Crippen LogP contribution in [0.2, 0.25) is 0 Å². The topological polar surface area (TPSA) is 101 Å². The number of benzene rings is 1. The standard InChI is InChI=1S/C25H28N4O5/c1-15-21(28-11-7-6-8-19(28)26-15)23(30)20-22(17-14-16(33-4)9-10-18(17)34-5)29(13-12-27(2)3)25(32)24(20)31/h6-11,14,22,30H,12-13H2,1-5H3. The number of nitrogens with one attached hydrogen (secondary N) is 1. The van der Waals surface area contributed by atoms with Crippen molar-refractivity contribution < 1.29 is 29.1 Å². The first-order valence-electron chi connectivity index (χ1n) is 11.0. The Labute approximate surface area is 197 Å². The van der Waals surface area contributed by atoms with Gasteiger partial charge in [0.2, 0.25) is 5.78 Å². The molecule has 1 saturated heterocycles. The Morgan fingerprint density at radius 1 is 1.15 bits per heavy atom. The predicted octanol–water partition coefficient (Wildman–Crippen LogP) is 0.0284. The van der Waals surface area contributed by atoms with Crippen LogP contribution in [0.25, 0.3) is 11.4 Å². The molecule has 1 N–H and O–H groups in total. The van der Waals surface area contributed by atoms with E-state index in [1.807, 2.05) is 20.2 Å². The molecule has 2 aromatic heterocycles. The Morgan fingerprint density at radius 2 is 1.91 bits per heavy atom. The molecule has 1 amide bonds. The highest BCUT2D eigenvalue weighted by Crippen LogP contribution is 2.43. The lowest BCUT2D eigenvalue weighted by Gasteiger charge is -2.29. The van der Waals surface area contributed by atoms with E-state index in [0.717, 1.165) is 4.90 Å². The Balaban J connectivity index is 1.99. The molecule has 34 heavy (non-hydrogen) atoms. The van der Waals surface area contributed by atoms with Crippen LogP contribution >= 0.6 is 0 Å². The number of nitrogens with zero attached hydrogens (tertiary/aromatic N) is 3. The number of likely N-dealkylation sites (tertiary alicyclic amines) is 1. The lowest BCUT2D eigenvalue weighted by atomic mass is 9.95. The lowest BCUT2D eigenvalue weighted by molar-refractivity contribution is -0.857. The normalized spacial score (nSPS) is 17.7. The van der Waals surface area contributed by atoms with Crippen molar-refractivity contribution in [1.82, 2.24) is 14.3 Å². The van der Waals surface area contributed by atoms with E-state index in [1.165, 1.54) is 19.1 Å². The van der Waals surface area contributed by atoms with Gasteiger partial charge in [-0.3, -0.25) is 9.59 Å². The van der Waals surface area contributed by atoms with Gasteiger partial charge in [-0.2, -0.15) is 0 Å². The third kappa shape index (κ3) is 3.88. The van der Waals surface area contributed by atoms with Crippen LogP contribution in [0.3, 0.4) is 0 Å². The summed E-state index contributed by atoms with van der Waals surface area (Å²) < 4.78 is 12.6. The number of methoxy groups -OCH3 is 2. The van der Waals surface area contributed by atoms with Crippen molar-refractivity contribution >= 4 is 23.1 Å². The largest absolute Gasteiger partial charge is 0.871 e. The summed E-state index contributed by atoms with van der Waals surface area (Å²) in [5.74, 6) is -1.05. The van der Waals surface area contributed by atoms with Gasteiger partial charge >= 0.3 is 0 Å². The van der Waals surface area contributed by atoms with Crippen molar-refractivity contribution in [2.75, 3.05) is 41.4 Å². The highest BCUT2D eigenvalue weighted by molar-refractivity contribution is 6.46. The number of pyridine rings is 1. The number of ether oxygens (including phenoxy) is 2. The van der Waals surface area contributed by atoms with Crippen LogP contribution in [0.4, 0.5) is 0 Å². The molecule has 0 radical (unpaired) electrons. The predicted molar refractivity (Wildman–Crippen MR) is 124 cm³/mol. The van der Waals surface area contributed by atoms with Gasteiger partial charge in [-0.25, -0.2) is 4.98 Å². The summed E-state index contributed by atoms with van der Waals surface area (Å²) >= 11 is 0. The van der Waals surface area contributed by atoms with Crippen molar-refractivity contribution in [3.63, 3.8) is 0 Å². The number of carbonyl (C=O) groups is 2. The number of hydrogen-bond acceptors (Lipinski definition) is 6. The average molecular weight is 465 g/mol. The van der Waals surface area contributed by atoms with Crippen LogP contribution in [-0.4, -0.2) is 67.4 Å². The quantitative estimate of drug-likeness (QED) is 0.301. The van der Waals surface area contributed by atoms with Crippen molar-refractivity contribution in [1.29, 1.82) is 0 Å². The summed E-state index contributed by atoms with van der Waals surface area (Å²) in [4.78, 5) is 33.5. The molecule has 1 aliphatic rings. The van der Waals surface area contributed by atoms with E-state index in [4.69, 9.17) is 9.47 Å². The molecule has 1 aromatic carbocycles. The minimum absolute atomic E-state index is 0.112. The fourth-order valence-corrected chi connectivity index (χ4v) is 4.34. The van der Waals surface area contributed by atoms with E-state index in [-0.39, 0.29) is 11.3 Å². The molecule has 3 heterocycles. The summed E-state index contributed by atoms with van der Waals surface area (Å²) in [6.07, 6.45) is 1.72. The maximum Gasteiger partial charge on any atom is 0.295 e. The van der Waals surface area contributed by atoms with E-state index in [2.05, 4.69) is 4.98 Å². The molecule has 1 fully saturated rings. The minimum atomic E-state index is -0.912. The highest BCUT2D eigenvalue weighted by Gasteiger charge is 2.45. The summed E-state index contributed by atoms with van der Waals surface area (Å²) in [5, 5.41) is 13.9. The van der Waals surface area contributed by atoms with Gasteiger partial charge in [0.1, 0.15) is 17.1 Å². The summed E-state index contributed by atoms with van der Waals surface area (Å²) in [5.41, 5.74) is 1.74. The number of quaternary nitrogens is 1. The number of ketones is 1. The van der Waals surface area contributed by atoms with Gasteiger partial charge in [-0.1, -0.05) is 11.8 Å². The van der Waals surface area contributed by atoms with Gasteiger partial charge in [0.25, 0.3) is 5.91 Å². The third-order valence-electron chi connectivity index (χ3n) is 6.03. The number of likely N-dealkylation sites (N-methyl/N-ethyl adjacent to an activating group) is 1. The molecule has 0 aliphatic carbocycles. The molecular formula is C25H28N4O5. The minimum Gasteiger partial charge on any atom is -0.871 e. The van der Waals surface area contributed by atoms with E-state index < -0.39 is 23.5 Å². The number of rotatable bonds is 7. The molecule has 9 heteroatoms. The number of Topliss-reactive ketones (excluding diaryl/α,β-unsaturated/α-hetero) is 1. The maximum atomic E-state index is 13.9. The lowest BCUT2D eigenvalue weighted by Crippen LogP contribution is -3.06. The van der Waals surface area contributed by atoms with Crippen LogP contribution < -0.4 is 19.5 Å². The molecule has 1 aliphatic heterocycles. The van der Waals surface area contributed by atoms with E-state index in [1.54, 1.807) is 47.9 Å². The van der Waals surface area contributed by atoms with Gasteiger partial charge in [-0.05, 0) is 37.3 Å². The summed E-state index contributed by atoms with van der Waals surface area (Å²) in [7, 11) is 6.96. The van der Waals surface area contributed by atoms with Crippen molar-refractivity contribution in [3.05, 3.63) is 65.1 Å². The highest BCUT2D eigenvalue weighted by atomic mass is 16.5. The molecule has 1 atom stereocenters. The first kappa shape index (κ1) is 23.3. The zero-order valence-corrected chi connectivity index (χ0v) is 19.9. The van der Waals surface area contributed by atoms with Crippen LogP contribution in [0.15, 0.2) is 48.2 Å². The summed E-state index contributed by atoms with van der Waals surface area (Å²) in [6, 6.07) is 9.62. The first-order chi connectivity index (χ1) is 16.3. The van der Waals surface area contributed by atoms with E-state index >= 15 is 0 Å². The van der Waals surface area contributed by atoms with Crippen LogP contribution in [-0.2, 0) is 9.59 Å². The van der Waals surface area contributed by atoms with Gasteiger partial charge in [0, 0.05) is 17.3 Å². The van der Waals surface area contributed by atoms with Gasteiger partial charge in [-0.15, -0.1) is 0 Å². The fraction of sp³-hybridized carbons (Fsp3) is 0.320. The smallest absolute Gasteiger partial charge is 0.295 e. The molecular weight excluding hydrogens is 436 g/mol. The molecule has 9 nitrogen and oxygen atoms in total. The molecule has 3 aromatic rings. The Bertz CT molecular complexity index is 1290. The number of aryl methyl sites for hydroxylation is 1. The fourth-order valence-electron chi connectivity index (χ4n) is 4.34. The number of amides is 1. The third-order valence-corrected chi connectivity index (χ3v) is 6.03. The maximum absolute atomic E-state index is 13.9. The van der Waals surface area contributed by atoms with Gasteiger partial charge in [0.05, 0.1) is 58.8 Å². The number of hydrogen-bond donors (Lipinski definition) is 1. The summed E-state index contributed by atoms with van der Waals surface area (Å²) in [6.45, 7) is 2.61.